The SMILES string of the molecule is CC(C)(C)c1ccc(NC2CCC(OCC(=O)O)CC2)cc1. The van der Waals surface area contributed by atoms with Crippen molar-refractivity contribution in [2.24, 2.45) is 0 Å². The molecule has 122 valence electrons. The van der Waals surface area contributed by atoms with Gasteiger partial charge in [0.05, 0.1) is 6.10 Å². The van der Waals surface area contributed by atoms with Crippen LogP contribution in [0.15, 0.2) is 24.3 Å². The second kappa shape index (κ2) is 7.14. The first-order chi connectivity index (χ1) is 10.3. The van der Waals surface area contributed by atoms with Crippen LogP contribution >= 0.6 is 0 Å². The third-order valence-electron chi connectivity index (χ3n) is 4.24. The second-order valence-corrected chi connectivity index (χ2v) is 7.15. The second-order valence-electron chi connectivity index (χ2n) is 7.15. The lowest BCUT2D eigenvalue weighted by molar-refractivity contribution is -0.145. The molecule has 0 aliphatic heterocycles. The van der Waals surface area contributed by atoms with Crippen molar-refractivity contribution in [3.8, 4) is 0 Å². The van der Waals surface area contributed by atoms with E-state index in [2.05, 4.69) is 50.4 Å². The molecule has 1 aliphatic carbocycles. The first-order valence-electron chi connectivity index (χ1n) is 8.05. The summed E-state index contributed by atoms with van der Waals surface area (Å²) in [5.41, 5.74) is 2.67. The molecule has 2 rings (SSSR count). The Morgan fingerprint density at radius 3 is 2.27 bits per heavy atom. The number of ether oxygens (including phenoxy) is 1. The Bertz CT molecular complexity index is 482. The number of nitrogens with one attached hydrogen (secondary N) is 1. The number of carboxylic acids is 1. The number of hydrogen-bond acceptors (Lipinski definition) is 3. The van der Waals surface area contributed by atoms with E-state index >= 15 is 0 Å². The minimum Gasteiger partial charge on any atom is -0.480 e. The van der Waals surface area contributed by atoms with Crippen LogP contribution in [0.4, 0.5) is 5.69 Å². The highest BCUT2D eigenvalue weighted by Gasteiger charge is 2.22. The molecule has 1 aromatic rings. The Morgan fingerprint density at radius 1 is 1.18 bits per heavy atom. The van der Waals surface area contributed by atoms with E-state index in [9.17, 15) is 4.79 Å². The molecule has 0 unspecified atom stereocenters. The number of carbonyl (C=O) groups is 1. The lowest BCUT2D eigenvalue weighted by atomic mass is 9.87. The van der Waals surface area contributed by atoms with E-state index in [1.165, 1.54) is 5.56 Å². The summed E-state index contributed by atoms with van der Waals surface area (Å²) in [5.74, 6) is -0.890. The van der Waals surface area contributed by atoms with Gasteiger partial charge in [0.15, 0.2) is 0 Å². The smallest absolute Gasteiger partial charge is 0.329 e. The first kappa shape index (κ1) is 16.8. The maximum atomic E-state index is 10.5. The zero-order valence-electron chi connectivity index (χ0n) is 13.8. The molecule has 4 nitrogen and oxygen atoms in total. The van der Waals surface area contributed by atoms with Crippen LogP contribution < -0.4 is 5.32 Å². The third-order valence-corrected chi connectivity index (χ3v) is 4.24. The standard InChI is InChI=1S/C18H27NO3/c1-18(2,3)13-4-6-14(7-5-13)19-15-8-10-16(11-9-15)22-12-17(20)21/h4-7,15-16,19H,8-12H2,1-3H3,(H,20,21). The van der Waals surface area contributed by atoms with E-state index in [-0.39, 0.29) is 18.1 Å². The normalized spacial score (nSPS) is 22.3. The van der Waals surface area contributed by atoms with Crippen molar-refractivity contribution in [2.75, 3.05) is 11.9 Å². The molecule has 0 aromatic heterocycles. The first-order valence-corrected chi connectivity index (χ1v) is 8.05. The molecular weight excluding hydrogens is 278 g/mol. The van der Waals surface area contributed by atoms with Gasteiger partial charge in [-0.25, -0.2) is 4.79 Å². The fourth-order valence-electron chi connectivity index (χ4n) is 2.87. The Kier molecular flexibility index (Phi) is 5.46. The van der Waals surface area contributed by atoms with E-state index in [0.29, 0.717) is 6.04 Å². The number of benzene rings is 1. The van der Waals surface area contributed by atoms with Crippen molar-refractivity contribution in [3.05, 3.63) is 29.8 Å². The Hall–Kier alpha value is -1.55. The monoisotopic (exact) mass is 305 g/mol. The fourth-order valence-corrected chi connectivity index (χ4v) is 2.87. The Balaban J connectivity index is 1.80. The van der Waals surface area contributed by atoms with E-state index in [0.717, 1.165) is 31.4 Å². The van der Waals surface area contributed by atoms with Crippen LogP contribution in [0.2, 0.25) is 0 Å². The van der Waals surface area contributed by atoms with E-state index in [4.69, 9.17) is 9.84 Å². The van der Waals surface area contributed by atoms with Gasteiger partial charge in [-0.1, -0.05) is 32.9 Å². The van der Waals surface area contributed by atoms with Crippen LogP contribution in [0, 0.1) is 0 Å². The zero-order chi connectivity index (χ0) is 16.2. The quantitative estimate of drug-likeness (QED) is 0.868. The molecule has 1 aromatic carbocycles. The number of rotatable bonds is 5. The van der Waals surface area contributed by atoms with Gasteiger partial charge in [-0.2, -0.15) is 0 Å². The average Bonchev–Trinajstić information content (AvgIpc) is 2.46. The average molecular weight is 305 g/mol. The van der Waals surface area contributed by atoms with Gasteiger partial charge >= 0.3 is 5.97 Å². The van der Waals surface area contributed by atoms with Gasteiger partial charge in [-0.15, -0.1) is 0 Å². The number of anilines is 1. The summed E-state index contributed by atoms with van der Waals surface area (Å²) in [7, 11) is 0. The van der Waals surface area contributed by atoms with Gasteiger partial charge in [-0.3, -0.25) is 0 Å². The Morgan fingerprint density at radius 2 is 1.77 bits per heavy atom. The summed E-state index contributed by atoms with van der Waals surface area (Å²) >= 11 is 0. The summed E-state index contributed by atoms with van der Waals surface area (Å²) in [6, 6.07) is 9.11. The highest BCUT2D eigenvalue weighted by Crippen LogP contribution is 2.26. The van der Waals surface area contributed by atoms with Crippen LogP contribution in [-0.4, -0.2) is 29.8 Å². The molecule has 0 heterocycles. The van der Waals surface area contributed by atoms with Crippen molar-refractivity contribution in [1.29, 1.82) is 0 Å². The summed E-state index contributed by atoms with van der Waals surface area (Å²) < 4.78 is 5.37. The molecule has 22 heavy (non-hydrogen) atoms. The largest absolute Gasteiger partial charge is 0.480 e. The fraction of sp³-hybridized carbons (Fsp3) is 0.611. The van der Waals surface area contributed by atoms with Crippen molar-refractivity contribution in [1.82, 2.24) is 0 Å². The van der Waals surface area contributed by atoms with Gasteiger partial charge in [0.1, 0.15) is 6.61 Å². The van der Waals surface area contributed by atoms with E-state index in [1.807, 2.05) is 0 Å². The number of hydrogen-bond donors (Lipinski definition) is 2. The number of carboxylic acid groups (broad SMARTS) is 1. The molecule has 0 atom stereocenters. The zero-order valence-corrected chi connectivity index (χ0v) is 13.8. The van der Waals surface area contributed by atoms with E-state index in [1.54, 1.807) is 0 Å². The van der Waals surface area contributed by atoms with Crippen LogP contribution in [0.25, 0.3) is 0 Å². The molecule has 0 bridgehead atoms. The van der Waals surface area contributed by atoms with Gasteiger partial charge in [-0.05, 0) is 48.8 Å². The topological polar surface area (TPSA) is 58.6 Å². The van der Waals surface area contributed by atoms with Gasteiger partial charge < -0.3 is 15.2 Å². The maximum absolute atomic E-state index is 10.5. The van der Waals surface area contributed by atoms with Gasteiger partial charge in [0.2, 0.25) is 0 Å². The van der Waals surface area contributed by atoms with E-state index < -0.39 is 5.97 Å². The highest BCUT2D eigenvalue weighted by molar-refractivity contribution is 5.68. The highest BCUT2D eigenvalue weighted by atomic mass is 16.5. The van der Waals surface area contributed by atoms with Crippen molar-refractivity contribution < 1.29 is 14.6 Å². The maximum Gasteiger partial charge on any atom is 0.329 e. The number of aliphatic carboxylic acids is 1. The van der Waals surface area contributed by atoms with Gasteiger partial charge in [0, 0.05) is 11.7 Å². The molecule has 2 N–H and O–H groups in total. The molecule has 1 fully saturated rings. The lowest BCUT2D eigenvalue weighted by Crippen LogP contribution is -2.30. The molecular formula is C18H27NO3. The molecule has 0 amide bonds. The molecule has 0 radical (unpaired) electrons. The van der Waals surface area contributed by atoms with Gasteiger partial charge in [0.25, 0.3) is 0 Å². The molecule has 1 aliphatic rings. The minimum atomic E-state index is -0.890. The third kappa shape index (κ3) is 5.02. The molecule has 0 spiro atoms. The van der Waals surface area contributed by atoms with Crippen LogP contribution in [0.5, 0.6) is 0 Å². The van der Waals surface area contributed by atoms with Crippen LogP contribution in [-0.2, 0) is 14.9 Å². The summed E-state index contributed by atoms with van der Waals surface area (Å²) in [5, 5.41) is 12.2. The molecule has 0 saturated heterocycles. The molecule has 4 heteroatoms. The summed E-state index contributed by atoms with van der Waals surface area (Å²) in [4.78, 5) is 10.5. The van der Waals surface area contributed by atoms with Crippen molar-refractivity contribution >= 4 is 11.7 Å². The lowest BCUT2D eigenvalue weighted by Gasteiger charge is -2.29. The van der Waals surface area contributed by atoms with Crippen LogP contribution in [0.1, 0.15) is 52.0 Å². The summed E-state index contributed by atoms with van der Waals surface area (Å²) in [6.45, 7) is 6.46. The van der Waals surface area contributed by atoms with Crippen molar-refractivity contribution in [2.45, 2.75) is 64.0 Å². The minimum absolute atomic E-state index is 0.0948. The van der Waals surface area contributed by atoms with Crippen LogP contribution in [0.3, 0.4) is 0 Å². The molecule has 1 saturated carbocycles. The predicted octanol–water partition coefficient (Wildman–Crippen LogP) is 3.81. The summed E-state index contributed by atoms with van der Waals surface area (Å²) in [6.07, 6.45) is 3.98. The van der Waals surface area contributed by atoms with Crippen molar-refractivity contribution in [3.63, 3.8) is 0 Å². The predicted molar refractivity (Wildman–Crippen MR) is 88.4 cm³/mol. The Labute approximate surface area is 132 Å².